The minimum atomic E-state index is -0.529. The third-order valence-electron chi connectivity index (χ3n) is 3.80. The molecule has 1 aliphatic rings. The van der Waals surface area contributed by atoms with Crippen molar-refractivity contribution in [2.75, 3.05) is 13.1 Å². The molecule has 2 rings (SSSR count). The van der Waals surface area contributed by atoms with E-state index in [1.165, 1.54) is 0 Å². The number of likely N-dealkylation sites (tertiary alicyclic amines) is 1. The van der Waals surface area contributed by atoms with Crippen molar-refractivity contribution >= 4 is 6.09 Å². The van der Waals surface area contributed by atoms with Crippen molar-refractivity contribution in [1.82, 2.24) is 14.7 Å². The molecule has 0 bridgehead atoms. The van der Waals surface area contributed by atoms with E-state index in [0.29, 0.717) is 13.1 Å². The minimum absolute atomic E-state index is 0.152. The first-order valence-electron chi connectivity index (χ1n) is 7.42. The van der Waals surface area contributed by atoms with Crippen LogP contribution in [-0.4, -0.2) is 44.6 Å². The Balaban J connectivity index is 1.89. The lowest BCUT2D eigenvalue weighted by molar-refractivity contribution is 0.00664. The second kappa shape index (κ2) is 6.05. The molecule has 1 aromatic heterocycles. The Morgan fingerprint density at radius 1 is 1.43 bits per heavy atom. The number of ether oxygens (including phenoxy) is 1. The highest BCUT2D eigenvalue weighted by atomic mass is 16.6. The van der Waals surface area contributed by atoms with E-state index < -0.39 is 11.7 Å². The van der Waals surface area contributed by atoms with E-state index in [1.54, 1.807) is 15.8 Å². The Hall–Kier alpha value is -1.56. The van der Waals surface area contributed by atoms with Gasteiger partial charge in [0.15, 0.2) is 0 Å². The van der Waals surface area contributed by atoms with Gasteiger partial charge in [-0.2, -0.15) is 5.10 Å². The third-order valence-corrected chi connectivity index (χ3v) is 3.80. The first-order valence-corrected chi connectivity index (χ1v) is 7.42. The van der Waals surface area contributed by atoms with Gasteiger partial charge in [-0.15, -0.1) is 0 Å². The number of carbonyl (C=O) groups excluding carboxylic acids is 1. The summed E-state index contributed by atoms with van der Waals surface area (Å²) in [6, 6.07) is 1.84. The number of aromatic nitrogens is 2. The fourth-order valence-electron chi connectivity index (χ4n) is 2.64. The van der Waals surface area contributed by atoms with E-state index in [1.807, 2.05) is 33.9 Å². The van der Waals surface area contributed by atoms with Crippen molar-refractivity contribution in [3.63, 3.8) is 0 Å². The molecule has 0 spiro atoms. The van der Waals surface area contributed by atoms with Crippen molar-refractivity contribution in [1.29, 1.82) is 0 Å². The maximum Gasteiger partial charge on any atom is 0.410 e. The van der Waals surface area contributed by atoms with Gasteiger partial charge < -0.3 is 14.7 Å². The zero-order valence-electron chi connectivity index (χ0n) is 13.2. The Bertz CT molecular complexity index is 485. The second-order valence-corrected chi connectivity index (χ2v) is 6.63. The number of hydrogen-bond donors (Lipinski definition) is 1. The van der Waals surface area contributed by atoms with Crippen molar-refractivity contribution in [2.45, 2.75) is 45.3 Å². The van der Waals surface area contributed by atoms with Crippen LogP contribution in [0.25, 0.3) is 0 Å². The van der Waals surface area contributed by atoms with E-state index in [0.717, 1.165) is 18.5 Å². The molecule has 6 nitrogen and oxygen atoms in total. The maximum absolute atomic E-state index is 12.0. The minimum Gasteiger partial charge on any atom is -0.444 e. The van der Waals surface area contributed by atoms with Gasteiger partial charge >= 0.3 is 6.09 Å². The quantitative estimate of drug-likeness (QED) is 0.907. The number of amides is 1. The van der Waals surface area contributed by atoms with Crippen molar-refractivity contribution in [2.24, 2.45) is 13.0 Å². The lowest BCUT2D eigenvalue weighted by Crippen LogP contribution is -2.42. The normalized spacial score (nSPS) is 18.6. The number of rotatable bonds is 2. The second-order valence-electron chi connectivity index (χ2n) is 6.63. The summed E-state index contributed by atoms with van der Waals surface area (Å²) < 4.78 is 7.07. The molecule has 2 heterocycles. The molecule has 1 amide bonds. The summed E-state index contributed by atoms with van der Waals surface area (Å²) in [5.41, 5.74) is 0.355. The van der Waals surface area contributed by atoms with Gasteiger partial charge in [0.05, 0.1) is 11.8 Å². The van der Waals surface area contributed by atoms with Crippen molar-refractivity contribution in [3.05, 3.63) is 18.0 Å². The van der Waals surface area contributed by atoms with Crippen LogP contribution < -0.4 is 0 Å². The molecule has 118 valence electrons. The molecule has 0 saturated carbocycles. The van der Waals surface area contributed by atoms with E-state index in [9.17, 15) is 9.90 Å². The predicted octanol–water partition coefficient (Wildman–Crippen LogP) is 2.10. The molecular formula is C15H25N3O3. The lowest BCUT2D eigenvalue weighted by atomic mass is 9.89. The van der Waals surface area contributed by atoms with Crippen LogP contribution >= 0.6 is 0 Å². The summed E-state index contributed by atoms with van der Waals surface area (Å²) in [7, 11) is 1.83. The van der Waals surface area contributed by atoms with Crippen LogP contribution in [0.5, 0.6) is 0 Å². The van der Waals surface area contributed by atoms with Gasteiger partial charge in [-0.25, -0.2) is 4.79 Å². The molecule has 0 aliphatic carbocycles. The van der Waals surface area contributed by atoms with Crippen LogP contribution in [0.2, 0.25) is 0 Å². The van der Waals surface area contributed by atoms with Crippen LogP contribution in [0.15, 0.2) is 12.3 Å². The number of carbonyl (C=O) groups is 1. The maximum atomic E-state index is 12.0. The van der Waals surface area contributed by atoms with E-state index in [4.69, 9.17) is 4.74 Å². The Kier molecular flexibility index (Phi) is 4.56. The van der Waals surface area contributed by atoms with Crippen LogP contribution in [0.3, 0.4) is 0 Å². The monoisotopic (exact) mass is 295 g/mol. The first-order chi connectivity index (χ1) is 9.78. The Morgan fingerprint density at radius 2 is 2.05 bits per heavy atom. The van der Waals surface area contributed by atoms with Gasteiger partial charge in [-0.3, -0.25) is 4.68 Å². The van der Waals surface area contributed by atoms with Gasteiger partial charge in [0.2, 0.25) is 0 Å². The average Bonchev–Trinajstić information content (AvgIpc) is 2.82. The fourth-order valence-corrected chi connectivity index (χ4v) is 2.64. The Labute approximate surface area is 125 Å². The van der Waals surface area contributed by atoms with Crippen LogP contribution in [-0.2, 0) is 11.8 Å². The highest BCUT2D eigenvalue weighted by Gasteiger charge is 2.31. The first kappa shape index (κ1) is 15.8. The molecule has 0 aromatic carbocycles. The molecule has 1 atom stereocenters. The largest absolute Gasteiger partial charge is 0.444 e. The molecule has 1 aliphatic heterocycles. The highest BCUT2D eigenvalue weighted by Crippen LogP contribution is 2.30. The third kappa shape index (κ3) is 3.97. The highest BCUT2D eigenvalue weighted by molar-refractivity contribution is 5.68. The number of hydrogen-bond acceptors (Lipinski definition) is 4. The predicted molar refractivity (Wildman–Crippen MR) is 78.7 cm³/mol. The summed E-state index contributed by atoms with van der Waals surface area (Å²) in [4.78, 5) is 13.7. The standard InChI is InChI=1S/C15H25N3O3/c1-15(2,3)21-14(20)18-9-6-11(7-10-18)13(19)12-5-8-16-17(12)4/h5,8,11,13,19H,6-7,9-10H2,1-4H3. The average molecular weight is 295 g/mol. The molecule has 1 saturated heterocycles. The lowest BCUT2D eigenvalue weighted by Gasteiger charge is -2.35. The molecule has 1 fully saturated rings. The van der Waals surface area contributed by atoms with E-state index in [-0.39, 0.29) is 12.0 Å². The van der Waals surface area contributed by atoms with Crippen LogP contribution in [0.1, 0.15) is 45.4 Å². The van der Waals surface area contributed by atoms with Crippen LogP contribution in [0.4, 0.5) is 4.79 Å². The van der Waals surface area contributed by atoms with Gasteiger partial charge in [0.25, 0.3) is 0 Å². The molecule has 0 radical (unpaired) electrons. The number of piperidine rings is 1. The summed E-state index contributed by atoms with van der Waals surface area (Å²) in [5, 5.41) is 14.5. The Morgan fingerprint density at radius 3 is 2.52 bits per heavy atom. The van der Waals surface area contributed by atoms with Gasteiger partial charge in [-0.1, -0.05) is 0 Å². The zero-order chi connectivity index (χ0) is 15.6. The van der Waals surface area contributed by atoms with Gasteiger partial charge in [0.1, 0.15) is 5.60 Å². The molecular weight excluding hydrogens is 270 g/mol. The van der Waals surface area contributed by atoms with Crippen molar-refractivity contribution < 1.29 is 14.6 Å². The summed E-state index contributed by atoms with van der Waals surface area (Å²) in [5.74, 6) is 0.152. The van der Waals surface area contributed by atoms with E-state index in [2.05, 4.69) is 5.10 Å². The van der Waals surface area contributed by atoms with Gasteiger partial charge in [0, 0.05) is 26.3 Å². The summed E-state index contributed by atoms with van der Waals surface area (Å²) in [6.45, 7) is 6.83. The summed E-state index contributed by atoms with van der Waals surface area (Å²) >= 11 is 0. The number of nitrogens with zero attached hydrogens (tertiary/aromatic N) is 3. The fraction of sp³-hybridized carbons (Fsp3) is 0.733. The number of aryl methyl sites for hydroxylation is 1. The SMILES string of the molecule is Cn1nccc1C(O)C1CCN(C(=O)OC(C)(C)C)CC1. The zero-order valence-corrected chi connectivity index (χ0v) is 13.2. The van der Waals surface area contributed by atoms with Crippen molar-refractivity contribution in [3.8, 4) is 0 Å². The molecule has 6 heteroatoms. The summed E-state index contributed by atoms with van der Waals surface area (Å²) in [6.07, 6.45) is 2.43. The number of aliphatic hydroxyl groups is 1. The topological polar surface area (TPSA) is 67.6 Å². The smallest absolute Gasteiger partial charge is 0.410 e. The van der Waals surface area contributed by atoms with Crippen LogP contribution in [0, 0.1) is 5.92 Å². The van der Waals surface area contributed by atoms with Gasteiger partial charge in [-0.05, 0) is 45.6 Å². The molecule has 21 heavy (non-hydrogen) atoms. The molecule has 1 aromatic rings. The number of aliphatic hydroxyl groups excluding tert-OH is 1. The molecule has 1 unspecified atom stereocenters. The molecule has 1 N–H and O–H groups in total. The van der Waals surface area contributed by atoms with E-state index >= 15 is 0 Å².